The lowest BCUT2D eigenvalue weighted by atomic mass is 10.2. The average molecular weight is 248 g/mol. The van der Waals surface area contributed by atoms with Gasteiger partial charge in [-0.25, -0.2) is 5.84 Å². The highest BCUT2D eigenvalue weighted by molar-refractivity contribution is 5.78. The molecule has 7 heteroatoms. The summed E-state index contributed by atoms with van der Waals surface area (Å²) in [6.45, 7) is 0.307. The largest absolute Gasteiger partial charge is 0.356 e. The Morgan fingerprint density at radius 3 is 3.00 bits per heavy atom. The van der Waals surface area contributed by atoms with Gasteiger partial charge in [0.2, 0.25) is 5.43 Å². The second kappa shape index (κ2) is 5.39. The van der Waals surface area contributed by atoms with Gasteiger partial charge in [-0.15, -0.1) is 0 Å². The Kier molecular flexibility index (Phi) is 3.66. The van der Waals surface area contributed by atoms with Gasteiger partial charge in [-0.1, -0.05) is 17.7 Å². The van der Waals surface area contributed by atoms with Crippen molar-refractivity contribution in [3.05, 3.63) is 40.7 Å². The smallest absolute Gasteiger partial charge is 0.328 e. The van der Waals surface area contributed by atoms with E-state index in [9.17, 15) is 9.59 Å². The predicted molar refractivity (Wildman–Crippen MR) is 64.0 cm³/mol. The van der Waals surface area contributed by atoms with Crippen molar-refractivity contribution in [2.45, 2.75) is 13.0 Å². The van der Waals surface area contributed by atoms with E-state index in [0.29, 0.717) is 17.4 Å². The van der Waals surface area contributed by atoms with E-state index in [1.54, 1.807) is 28.9 Å². The molecule has 18 heavy (non-hydrogen) atoms. The van der Waals surface area contributed by atoms with Gasteiger partial charge in [0.05, 0.1) is 24.7 Å². The maximum absolute atomic E-state index is 11.6. The number of hydrogen-bond acceptors (Lipinski definition) is 6. The van der Waals surface area contributed by atoms with Crippen molar-refractivity contribution in [1.82, 2.24) is 15.4 Å². The number of aromatic nitrogens is 2. The number of hydrazine groups is 1. The summed E-state index contributed by atoms with van der Waals surface area (Å²) in [6, 6.07) is 7.08. The average Bonchev–Trinajstić information content (AvgIpc) is 2.39. The molecule has 0 spiro atoms. The Balaban J connectivity index is 2.26. The lowest BCUT2D eigenvalue weighted by Crippen LogP contribution is -2.27. The molecule has 0 radical (unpaired) electrons. The van der Waals surface area contributed by atoms with Crippen molar-refractivity contribution in [3.8, 4) is 0 Å². The molecular weight excluding hydrogens is 236 g/mol. The normalized spacial score (nSPS) is 10.5. The fourth-order valence-corrected chi connectivity index (χ4v) is 1.65. The molecule has 0 bridgehead atoms. The van der Waals surface area contributed by atoms with Crippen LogP contribution in [-0.4, -0.2) is 15.7 Å². The van der Waals surface area contributed by atoms with Crippen molar-refractivity contribution < 1.29 is 9.63 Å². The Labute approximate surface area is 102 Å². The van der Waals surface area contributed by atoms with E-state index in [0.717, 1.165) is 0 Å². The second-order valence-electron chi connectivity index (χ2n) is 3.59. The molecule has 7 nitrogen and oxygen atoms in total. The highest BCUT2D eigenvalue weighted by atomic mass is 16.7. The van der Waals surface area contributed by atoms with Gasteiger partial charge in [0.25, 0.3) is 0 Å². The Bertz CT molecular complexity index is 623. The van der Waals surface area contributed by atoms with Crippen LogP contribution in [0.5, 0.6) is 0 Å². The summed E-state index contributed by atoms with van der Waals surface area (Å²) in [6.07, 6.45) is 1.33. The van der Waals surface area contributed by atoms with Crippen molar-refractivity contribution >= 4 is 16.9 Å². The maximum atomic E-state index is 11.6. The monoisotopic (exact) mass is 248 g/mol. The standard InChI is InChI=1S/C11H12N4O3/c12-14-18-11(17)5-6-15-9-4-2-1-3-8(9)10(16)7-13-15/h1-4,7,14H,5-6,12H2. The van der Waals surface area contributed by atoms with Crippen molar-refractivity contribution in [1.29, 1.82) is 0 Å². The number of benzene rings is 1. The number of fused-ring (bicyclic) bond motifs is 1. The third kappa shape index (κ3) is 2.53. The van der Waals surface area contributed by atoms with Crippen molar-refractivity contribution in [2.24, 2.45) is 5.84 Å². The zero-order chi connectivity index (χ0) is 13.0. The summed E-state index contributed by atoms with van der Waals surface area (Å²) < 4.78 is 1.58. The summed E-state index contributed by atoms with van der Waals surface area (Å²) in [5, 5.41) is 4.55. The van der Waals surface area contributed by atoms with Gasteiger partial charge < -0.3 is 4.84 Å². The zero-order valence-electron chi connectivity index (χ0n) is 9.50. The van der Waals surface area contributed by atoms with Gasteiger partial charge >= 0.3 is 5.97 Å². The van der Waals surface area contributed by atoms with Crippen LogP contribution in [0.3, 0.4) is 0 Å². The molecule has 0 amide bonds. The summed E-state index contributed by atoms with van der Waals surface area (Å²) in [7, 11) is 0. The quantitative estimate of drug-likeness (QED) is 0.569. The highest BCUT2D eigenvalue weighted by Gasteiger charge is 2.06. The highest BCUT2D eigenvalue weighted by Crippen LogP contribution is 2.08. The number of hydrogen-bond donors (Lipinski definition) is 2. The van der Waals surface area contributed by atoms with Crippen LogP contribution in [0.15, 0.2) is 35.3 Å². The van der Waals surface area contributed by atoms with Gasteiger partial charge in [-0.3, -0.25) is 14.3 Å². The Morgan fingerprint density at radius 1 is 1.44 bits per heavy atom. The van der Waals surface area contributed by atoms with Crippen LogP contribution < -0.4 is 16.9 Å². The van der Waals surface area contributed by atoms with Crippen LogP contribution in [0, 0.1) is 0 Å². The van der Waals surface area contributed by atoms with E-state index in [4.69, 9.17) is 5.84 Å². The molecular formula is C11H12N4O3. The molecule has 0 saturated carbocycles. The van der Waals surface area contributed by atoms with E-state index < -0.39 is 5.97 Å². The summed E-state index contributed by atoms with van der Waals surface area (Å²) >= 11 is 0. The third-order valence-electron chi connectivity index (χ3n) is 2.46. The number of aryl methyl sites for hydroxylation is 1. The first-order chi connectivity index (χ1) is 8.72. The van der Waals surface area contributed by atoms with Crippen LogP contribution in [0.2, 0.25) is 0 Å². The SMILES string of the molecule is NNOC(=O)CCn1ncc(=O)c2ccccc21. The van der Waals surface area contributed by atoms with Crippen LogP contribution in [0.25, 0.3) is 10.9 Å². The molecule has 0 aliphatic heterocycles. The molecule has 2 rings (SSSR count). The topological polar surface area (TPSA) is 99.2 Å². The van der Waals surface area contributed by atoms with E-state index >= 15 is 0 Å². The van der Waals surface area contributed by atoms with Gasteiger partial charge in [-0.05, 0) is 12.1 Å². The lowest BCUT2D eigenvalue weighted by Gasteiger charge is -2.08. The molecule has 1 aromatic carbocycles. The van der Waals surface area contributed by atoms with Crippen LogP contribution in [0.1, 0.15) is 6.42 Å². The van der Waals surface area contributed by atoms with Crippen molar-refractivity contribution in [3.63, 3.8) is 0 Å². The Hall–Kier alpha value is -2.25. The van der Waals surface area contributed by atoms with Gasteiger partial charge in [0.1, 0.15) is 0 Å². The van der Waals surface area contributed by atoms with Gasteiger partial charge in [0.15, 0.2) is 0 Å². The molecule has 0 aliphatic rings. The summed E-state index contributed by atoms with van der Waals surface area (Å²) in [5.41, 5.74) is 2.35. The lowest BCUT2D eigenvalue weighted by molar-refractivity contribution is -0.151. The van der Waals surface area contributed by atoms with Crippen molar-refractivity contribution in [2.75, 3.05) is 0 Å². The van der Waals surface area contributed by atoms with Crippen LogP contribution >= 0.6 is 0 Å². The minimum Gasteiger partial charge on any atom is -0.356 e. The molecule has 0 atom stereocenters. The minimum atomic E-state index is -0.498. The molecule has 3 N–H and O–H groups in total. The number of nitrogens with zero attached hydrogens (tertiary/aromatic N) is 2. The van der Waals surface area contributed by atoms with Gasteiger partial charge in [0, 0.05) is 5.39 Å². The Morgan fingerprint density at radius 2 is 2.22 bits per heavy atom. The summed E-state index contributed by atoms with van der Waals surface area (Å²) in [5.74, 6) is 4.35. The van der Waals surface area contributed by atoms with E-state index in [2.05, 4.69) is 9.94 Å². The number of nitrogens with two attached hydrogens (primary N) is 1. The summed E-state index contributed by atoms with van der Waals surface area (Å²) in [4.78, 5) is 27.1. The first-order valence-corrected chi connectivity index (χ1v) is 5.32. The molecule has 0 aliphatic carbocycles. The number of carbonyl (C=O) groups excluding carboxylic acids is 1. The fourth-order valence-electron chi connectivity index (χ4n) is 1.65. The molecule has 0 saturated heterocycles. The third-order valence-corrected chi connectivity index (χ3v) is 2.46. The van der Waals surface area contributed by atoms with Gasteiger partial charge in [-0.2, -0.15) is 5.10 Å². The van der Waals surface area contributed by atoms with E-state index in [-0.39, 0.29) is 11.8 Å². The zero-order valence-corrected chi connectivity index (χ0v) is 9.50. The number of nitrogens with one attached hydrogen (secondary N) is 1. The first-order valence-electron chi connectivity index (χ1n) is 5.32. The van der Waals surface area contributed by atoms with Crippen LogP contribution in [-0.2, 0) is 16.2 Å². The predicted octanol–water partition coefficient (Wildman–Crippen LogP) is -0.292. The molecule has 0 fully saturated rings. The van der Waals surface area contributed by atoms with E-state index in [1.807, 2.05) is 5.59 Å². The molecule has 2 aromatic rings. The number of carbonyl (C=O) groups is 1. The molecule has 0 unspecified atom stereocenters. The minimum absolute atomic E-state index is 0.101. The maximum Gasteiger partial charge on any atom is 0.328 e. The number of para-hydroxylation sites is 1. The first kappa shape index (κ1) is 12.2. The van der Waals surface area contributed by atoms with E-state index in [1.165, 1.54) is 6.20 Å². The van der Waals surface area contributed by atoms with Crippen LogP contribution in [0.4, 0.5) is 0 Å². The fraction of sp³-hybridized carbons (Fsp3) is 0.182. The molecule has 94 valence electrons. The number of rotatable bonds is 4. The molecule has 1 heterocycles. The molecule has 1 aromatic heterocycles. The second-order valence-corrected chi connectivity index (χ2v) is 3.59.